The average molecular weight is 223 g/mol. The zero-order valence-corrected chi connectivity index (χ0v) is 10.5. The smallest absolute Gasteiger partial charge is 0.126 e. The molecule has 0 fully saturated rings. The maximum atomic E-state index is 13.5. The predicted octanol–water partition coefficient (Wildman–Crippen LogP) is 3.25. The summed E-state index contributed by atoms with van der Waals surface area (Å²) >= 11 is 0. The van der Waals surface area contributed by atoms with Crippen molar-refractivity contribution in [2.45, 2.75) is 27.2 Å². The first kappa shape index (κ1) is 13.2. The Morgan fingerprint density at radius 1 is 1.25 bits per heavy atom. The summed E-state index contributed by atoms with van der Waals surface area (Å²) in [5.74, 6) is 0.986. The molecule has 0 saturated carbocycles. The molecule has 1 rings (SSSR count). The Labute approximate surface area is 98.1 Å². The highest BCUT2D eigenvalue weighted by atomic mass is 19.1. The number of rotatable bonds is 6. The Morgan fingerprint density at radius 3 is 2.50 bits per heavy atom. The van der Waals surface area contributed by atoms with Crippen LogP contribution in [-0.4, -0.2) is 13.1 Å². The lowest BCUT2D eigenvalue weighted by Crippen LogP contribution is -2.27. The van der Waals surface area contributed by atoms with E-state index in [0.29, 0.717) is 11.8 Å². The van der Waals surface area contributed by atoms with Gasteiger partial charge in [0.25, 0.3) is 0 Å². The summed E-state index contributed by atoms with van der Waals surface area (Å²) in [7, 11) is 0. The van der Waals surface area contributed by atoms with E-state index >= 15 is 0 Å². The van der Waals surface area contributed by atoms with Crippen molar-refractivity contribution >= 4 is 0 Å². The van der Waals surface area contributed by atoms with Gasteiger partial charge in [-0.1, -0.05) is 39.0 Å². The largest absolute Gasteiger partial charge is 0.317 e. The summed E-state index contributed by atoms with van der Waals surface area (Å²) in [5.41, 5.74) is 0.833. The minimum absolute atomic E-state index is 0.0790. The molecule has 0 bridgehead atoms. The molecule has 0 radical (unpaired) electrons. The monoisotopic (exact) mass is 223 g/mol. The lowest BCUT2D eigenvalue weighted by atomic mass is 9.89. The highest BCUT2D eigenvalue weighted by Crippen LogP contribution is 2.18. The first-order chi connectivity index (χ1) is 7.65. The van der Waals surface area contributed by atoms with Crippen molar-refractivity contribution in [2.75, 3.05) is 13.1 Å². The van der Waals surface area contributed by atoms with Gasteiger partial charge in [-0.05, 0) is 43.0 Å². The summed E-state index contributed by atoms with van der Waals surface area (Å²) in [5, 5.41) is 3.35. The summed E-state index contributed by atoms with van der Waals surface area (Å²) in [6.07, 6.45) is 0.817. The van der Waals surface area contributed by atoms with Crippen molar-refractivity contribution in [3.8, 4) is 0 Å². The van der Waals surface area contributed by atoms with Gasteiger partial charge >= 0.3 is 0 Å². The van der Waals surface area contributed by atoms with E-state index in [4.69, 9.17) is 0 Å². The van der Waals surface area contributed by atoms with Crippen molar-refractivity contribution in [2.24, 2.45) is 11.8 Å². The van der Waals surface area contributed by atoms with Crippen LogP contribution >= 0.6 is 0 Å². The third kappa shape index (κ3) is 3.93. The normalized spacial score (nSPS) is 13.1. The van der Waals surface area contributed by atoms with Crippen molar-refractivity contribution in [3.63, 3.8) is 0 Å². The van der Waals surface area contributed by atoms with Crippen LogP contribution < -0.4 is 5.32 Å². The Kier molecular flexibility index (Phi) is 5.47. The minimum atomic E-state index is -0.0790. The second kappa shape index (κ2) is 6.64. The first-order valence-corrected chi connectivity index (χ1v) is 6.09. The van der Waals surface area contributed by atoms with E-state index < -0.39 is 0 Å². The second-order valence-electron chi connectivity index (χ2n) is 4.61. The molecule has 1 atom stereocenters. The van der Waals surface area contributed by atoms with Crippen LogP contribution in [0.1, 0.15) is 26.3 Å². The Bertz CT molecular complexity index is 309. The van der Waals surface area contributed by atoms with Crippen LogP contribution in [0.15, 0.2) is 24.3 Å². The quantitative estimate of drug-likeness (QED) is 0.780. The van der Waals surface area contributed by atoms with Gasteiger partial charge in [-0.2, -0.15) is 0 Å². The number of benzene rings is 1. The highest BCUT2D eigenvalue weighted by molar-refractivity contribution is 5.18. The molecule has 2 heteroatoms. The van der Waals surface area contributed by atoms with Crippen LogP contribution in [0.2, 0.25) is 0 Å². The second-order valence-corrected chi connectivity index (χ2v) is 4.61. The van der Waals surface area contributed by atoms with Crippen LogP contribution in [0.3, 0.4) is 0 Å². The first-order valence-electron chi connectivity index (χ1n) is 6.09. The molecular weight excluding hydrogens is 201 g/mol. The van der Waals surface area contributed by atoms with Gasteiger partial charge in [-0.25, -0.2) is 4.39 Å². The van der Waals surface area contributed by atoms with Crippen LogP contribution in [0.5, 0.6) is 0 Å². The fraction of sp³-hybridized carbons (Fsp3) is 0.571. The molecule has 16 heavy (non-hydrogen) atoms. The molecule has 1 N–H and O–H groups in total. The van der Waals surface area contributed by atoms with Crippen molar-refractivity contribution in [1.82, 2.24) is 5.32 Å². The summed E-state index contributed by atoms with van der Waals surface area (Å²) in [6, 6.07) is 7.08. The van der Waals surface area contributed by atoms with Gasteiger partial charge in [-0.15, -0.1) is 0 Å². The zero-order chi connectivity index (χ0) is 12.0. The zero-order valence-electron chi connectivity index (χ0n) is 10.5. The van der Waals surface area contributed by atoms with E-state index in [1.54, 1.807) is 12.1 Å². The molecule has 0 aromatic heterocycles. The summed E-state index contributed by atoms with van der Waals surface area (Å²) in [6.45, 7) is 8.43. The predicted molar refractivity (Wildman–Crippen MR) is 67.0 cm³/mol. The fourth-order valence-corrected chi connectivity index (χ4v) is 1.82. The average Bonchev–Trinajstić information content (AvgIpc) is 2.26. The molecule has 1 aromatic rings. The van der Waals surface area contributed by atoms with Crippen LogP contribution in [0, 0.1) is 17.7 Å². The SMILES string of the molecule is CCNCC(Cc1ccccc1F)C(C)C. The number of nitrogens with one attached hydrogen (secondary N) is 1. The summed E-state index contributed by atoms with van der Waals surface area (Å²) in [4.78, 5) is 0. The topological polar surface area (TPSA) is 12.0 Å². The van der Waals surface area contributed by atoms with Gasteiger partial charge in [0.1, 0.15) is 5.82 Å². The summed E-state index contributed by atoms with van der Waals surface area (Å²) < 4.78 is 13.5. The third-order valence-corrected chi connectivity index (χ3v) is 3.04. The van der Waals surface area contributed by atoms with Gasteiger partial charge in [0.2, 0.25) is 0 Å². The highest BCUT2D eigenvalue weighted by Gasteiger charge is 2.15. The maximum Gasteiger partial charge on any atom is 0.126 e. The van der Waals surface area contributed by atoms with Crippen LogP contribution in [0.25, 0.3) is 0 Å². The molecule has 0 aliphatic heterocycles. The van der Waals surface area contributed by atoms with Gasteiger partial charge in [0.05, 0.1) is 0 Å². The van der Waals surface area contributed by atoms with Crippen LogP contribution in [-0.2, 0) is 6.42 Å². The lowest BCUT2D eigenvalue weighted by Gasteiger charge is -2.21. The van der Waals surface area contributed by atoms with Crippen molar-refractivity contribution < 1.29 is 4.39 Å². The van der Waals surface area contributed by atoms with Gasteiger partial charge < -0.3 is 5.32 Å². The van der Waals surface area contributed by atoms with E-state index in [1.807, 2.05) is 12.1 Å². The van der Waals surface area contributed by atoms with E-state index in [0.717, 1.165) is 25.1 Å². The molecular formula is C14H22FN. The van der Waals surface area contributed by atoms with E-state index in [2.05, 4.69) is 26.1 Å². The van der Waals surface area contributed by atoms with Gasteiger partial charge in [0.15, 0.2) is 0 Å². The number of hydrogen-bond acceptors (Lipinski definition) is 1. The fourth-order valence-electron chi connectivity index (χ4n) is 1.82. The molecule has 0 heterocycles. The minimum Gasteiger partial charge on any atom is -0.317 e. The molecule has 0 spiro atoms. The molecule has 1 unspecified atom stereocenters. The third-order valence-electron chi connectivity index (χ3n) is 3.04. The van der Waals surface area contributed by atoms with Crippen LogP contribution in [0.4, 0.5) is 4.39 Å². The molecule has 1 aromatic carbocycles. The lowest BCUT2D eigenvalue weighted by molar-refractivity contribution is 0.359. The van der Waals surface area contributed by atoms with E-state index in [-0.39, 0.29) is 5.82 Å². The maximum absolute atomic E-state index is 13.5. The Balaban J connectivity index is 2.64. The standard InChI is InChI=1S/C14H22FN/c1-4-16-10-13(11(2)3)9-12-7-5-6-8-14(12)15/h5-8,11,13,16H,4,9-10H2,1-3H3. The molecule has 90 valence electrons. The number of halogens is 1. The van der Waals surface area contributed by atoms with E-state index in [9.17, 15) is 4.39 Å². The van der Waals surface area contributed by atoms with Crippen molar-refractivity contribution in [3.05, 3.63) is 35.6 Å². The molecule has 1 nitrogen and oxygen atoms in total. The molecule has 0 amide bonds. The Hall–Kier alpha value is -0.890. The van der Waals surface area contributed by atoms with E-state index in [1.165, 1.54) is 0 Å². The molecule has 0 aliphatic rings. The molecule has 0 aliphatic carbocycles. The van der Waals surface area contributed by atoms with Gasteiger partial charge in [0, 0.05) is 0 Å². The molecule has 0 saturated heterocycles. The van der Waals surface area contributed by atoms with Gasteiger partial charge in [-0.3, -0.25) is 0 Å². The van der Waals surface area contributed by atoms with Crippen molar-refractivity contribution in [1.29, 1.82) is 0 Å². The Morgan fingerprint density at radius 2 is 1.94 bits per heavy atom. The number of hydrogen-bond donors (Lipinski definition) is 1.